The zero-order chi connectivity index (χ0) is 38.5. The summed E-state index contributed by atoms with van der Waals surface area (Å²) in [5.74, 6) is -0.843. The lowest BCUT2D eigenvalue weighted by Crippen LogP contribution is -2.66. The summed E-state index contributed by atoms with van der Waals surface area (Å²) in [7, 11) is 3.11. The van der Waals surface area contributed by atoms with Crippen LogP contribution in [0.1, 0.15) is 55.3 Å². The van der Waals surface area contributed by atoms with Crippen LogP contribution in [0.4, 0.5) is 5.69 Å². The predicted molar refractivity (Wildman–Crippen MR) is 186 cm³/mol. The fourth-order valence-electron chi connectivity index (χ4n) is 8.16. The van der Waals surface area contributed by atoms with Crippen LogP contribution >= 0.6 is 0 Å². The minimum atomic E-state index is -1.89. The first-order chi connectivity index (χ1) is 25.9. The number of hydrogen-bond acceptors (Lipinski definition) is 16. The molecule has 54 heavy (non-hydrogen) atoms. The molecule has 0 radical (unpaired) electrons. The Bertz CT molecular complexity index is 1880. The number of carboxylic acid groups (broad SMARTS) is 1. The average Bonchev–Trinajstić information content (AvgIpc) is 3.78. The molecule has 3 aromatic carbocycles. The maximum Gasteiger partial charge on any atom is 0.317 e. The number of aliphatic carboxylic acids is 1. The smallest absolute Gasteiger partial charge is 0.317 e. The molecule has 8 atom stereocenters. The van der Waals surface area contributed by atoms with E-state index in [1.807, 2.05) is 12.1 Å². The molecule has 0 bridgehead atoms. The van der Waals surface area contributed by atoms with Crippen molar-refractivity contribution in [2.24, 2.45) is 11.5 Å². The summed E-state index contributed by atoms with van der Waals surface area (Å²) in [6.45, 7) is 0. The van der Waals surface area contributed by atoms with Crippen molar-refractivity contribution in [3.63, 3.8) is 0 Å². The molecule has 1 spiro atoms. The minimum absolute atomic E-state index is 0.123. The van der Waals surface area contributed by atoms with Crippen molar-refractivity contribution in [3.8, 4) is 39.9 Å². The molecule has 3 aliphatic heterocycles. The van der Waals surface area contributed by atoms with Gasteiger partial charge in [0.2, 0.25) is 12.0 Å². The number of carboxylic acids is 1. The summed E-state index contributed by atoms with van der Waals surface area (Å²) >= 11 is 0. The van der Waals surface area contributed by atoms with Crippen molar-refractivity contribution in [3.05, 3.63) is 59.7 Å². The van der Waals surface area contributed by atoms with E-state index in [0.29, 0.717) is 45.4 Å². The summed E-state index contributed by atoms with van der Waals surface area (Å²) in [6, 6.07) is 14.0. The molecule has 290 valence electrons. The third kappa shape index (κ3) is 6.51. The second kappa shape index (κ2) is 14.7. The van der Waals surface area contributed by atoms with E-state index in [9.17, 15) is 30.1 Å². The molecule has 1 aliphatic carbocycles. The number of benzene rings is 3. The van der Waals surface area contributed by atoms with Crippen LogP contribution in [0.5, 0.6) is 28.7 Å². The van der Waals surface area contributed by atoms with Gasteiger partial charge in [-0.05, 0) is 61.1 Å². The van der Waals surface area contributed by atoms with Crippen molar-refractivity contribution in [2.45, 2.75) is 92.7 Å². The van der Waals surface area contributed by atoms with Crippen molar-refractivity contribution >= 4 is 17.6 Å². The lowest BCUT2D eigenvalue weighted by Gasteiger charge is -2.45. The van der Waals surface area contributed by atoms with E-state index in [0.717, 1.165) is 31.2 Å². The lowest BCUT2D eigenvalue weighted by molar-refractivity contribution is -0.291. The van der Waals surface area contributed by atoms with Crippen LogP contribution < -0.4 is 40.6 Å². The predicted octanol–water partition coefficient (Wildman–Crippen LogP) is 1.91. The van der Waals surface area contributed by atoms with Gasteiger partial charge in [0.15, 0.2) is 17.6 Å². The molecule has 0 unspecified atom stereocenters. The number of nitrogens with one attached hydrogen (secondary N) is 1. The van der Waals surface area contributed by atoms with E-state index in [2.05, 4.69) is 5.48 Å². The quantitative estimate of drug-likeness (QED) is 0.0602. The highest BCUT2D eigenvalue weighted by Gasteiger charge is 2.58. The van der Waals surface area contributed by atoms with Gasteiger partial charge in [-0.1, -0.05) is 18.2 Å². The Morgan fingerprint density at radius 3 is 2.33 bits per heavy atom. The third-order valence-corrected chi connectivity index (χ3v) is 10.6. The Morgan fingerprint density at radius 2 is 1.70 bits per heavy atom. The van der Waals surface area contributed by atoms with Gasteiger partial charge < -0.3 is 65.1 Å². The number of anilines is 1. The summed E-state index contributed by atoms with van der Waals surface area (Å²) in [5, 5.41) is 51.4. The second-order valence-electron chi connectivity index (χ2n) is 13.8. The SMILES string of the molecule is COc1ccc2c(c1OC)O[C@H]1c3c(cc(O[C@@H]4O[C@H]([C@H](OC(=O)CC(=O)O)C(N)N)[C@@H](O)[C@H](O)[C@H]4O)cc3-c3ccc(NO)cc3)OC3(CCCC3)[C@@H]21. The van der Waals surface area contributed by atoms with Gasteiger partial charge in [-0.25, -0.2) is 0 Å². The first-order valence-corrected chi connectivity index (χ1v) is 17.5. The number of methoxy groups -OCH3 is 2. The Morgan fingerprint density at radius 1 is 0.981 bits per heavy atom. The summed E-state index contributed by atoms with van der Waals surface area (Å²) in [5.41, 5.74) is 16.5. The number of hydrogen-bond donors (Lipinski definition) is 8. The van der Waals surface area contributed by atoms with Crippen LogP contribution in [0, 0.1) is 0 Å². The molecular formula is C37H43N3O14. The Balaban J connectivity index is 1.31. The van der Waals surface area contributed by atoms with Crippen LogP contribution in [-0.4, -0.2) is 100 Å². The molecule has 0 amide bonds. The molecule has 17 heteroatoms. The topological polar surface area (TPSA) is 264 Å². The van der Waals surface area contributed by atoms with Crippen molar-refractivity contribution in [2.75, 3.05) is 19.7 Å². The molecule has 4 aliphatic rings. The fraction of sp³-hybridized carbons (Fsp3) is 0.459. The number of carbonyl (C=O) groups is 2. The van der Waals surface area contributed by atoms with Gasteiger partial charge in [0, 0.05) is 17.2 Å². The van der Waals surface area contributed by atoms with E-state index in [-0.39, 0.29) is 11.7 Å². The molecule has 3 aromatic rings. The van der Waals surface area contributed by atoms with Crippen LogP contribution in [0.2, 0.25) is 0 Å². The van der Waals surface area contributed by atoms with Gasteiger partial charge in [0.05, 0.1) is 32.0 Å². The number of aliphatic hydroxyl groups is 3. The van der Waals surface area contributed by atoms with Gasteiger partial charge >= 0.3 is 11.9 Å². The Labute approximate surface area is 309 Å². The number of fused-ring (bicyclic) bond motifs is 6. The number of ether oxygens (including phenoxy) is 7. The normalized spacial score (nSPS) is 26.8. The number of rotatable bonds is 11. The van der Waals surface area contributed by atoms with Crippen molar-refractivity contribution in [1.29, 1.82) is 0 Å². The second-order valence-corrected chi connectivity index (χ2v) is 13.8. The van der Waals surface area contributed by atoms with Crippen LogP contribution in [-0.2, 0) is 19.1 Å². The van der Waals surface area contributed by atoms with Crippen molar-refractivity contribution in [1.82, 2.24) is 0 Å². The van der Waals surface area contributed by atoms with Gasteiger partial charge in [-0.15, -0.1) is 0 Å². The average molecular weight is 754 g/mol. The molecule has 0 aromatic heterocycles. The van der Waals surface area contributed by atoms with E-state index in [1.165, 1.54) is 0 Å². The van der Waals surface area contributed by atoms with E-state index >= 15 is 0 Å². The van der Waals surface area contributed by atoms with E-state index in [1.54, 1.807) is 50.6 Å². The molecule has 1 saturated heterocycles. The van der Waals surface area contributed by atoms with Gasteiger partial charge in [0.25, 0.3) is 0 Å². The molecule has 2 fully saturated rings. The van der Waals surface area contributed by atoms with Crippen LogP contribution in [0.3, 0.4) is 0 Å². The molecule has 17 nitrogen and oxygen atoms in total. The van der Waals surface area contributed by atoms with Crippen LogP contribution in [0.25, 0.3) is 11.1 Å². The van der Waals surface area contributed by atoms with Gasteiger partial charge in [0.1, 0.15) is 54.0 Å². The maximum atomic E-state index is 12.3. The van der Waals surface area contributed by atoms with E-state index in [4.69, 9.17) is 49.7 Å². The monoisotopic (exact) mass is 753 g/mol. The Hall–Kier alpha value is -4.88. The minimum Gasteiger partial charge on any atom is -0.493 e. The first-order valence-electron chi connectivity index (χ1n) is 17.5. The molecule has 10 N–H and O–H groups in total. The van der Waals surface area contributed by atoms with Crippen molar-refractivity contribution < 1.29 is 68.4 Å². The summed E-state index contributed by atoms with van der Waals surface area (Å²) in [4.78, 5) is 23.4. The molecule has 3 heterocycles. The first kappa shape index (κ1) is 37.4. The highest BCUT2D eigenvalue weighted by atomic mass is 16.7. The summed E-state index contributed by atoms with van der Waals surface area (Å²) in [6.07, 6.45) is -10.3. The number of esters is 1. The highest BCUT2D eigenvalue weighted by Crippen LogP contribution is 2.65. The summed E-state index contributed by atoms with van der Waals surface area (Å²) < 4.78 is 42.5. The number of nitrogens with two attached hydrogens (primary N) is 2. The lowest BCUT2D eigenvalue weighted by atomic mass is 9.73. The highest BCUT2D eigenvalue weighted by molar-refractivity contribution is 5.90. The van der Waals surface area contributed by atoms with Gasteiger partial charge in [-0.3, -0.25) is 20.3 Å². The standard InChI is InChI=1S/C37H43N3O14/c1-48-21-10-9-19-26-32(52-30(19)31(21)49-2)25-20(16-5-7-17(40-47)8-6-16)13-18(14-22(25)54-37(26)11-3-4-12-37)50-36-29(46)27(44)28(45)33(53-36)34(35(38)39)51-24(43)15-23(41)42/h5-10,13-14,26-29,32-36,40,44-47H,3-4,11-12,15,38-39H2,1-2H3,(H,41,42)/t26-,27-,28-,29+,32-,33-,34-,36+/m0/s1. The maximum absolute atomic E-state index is 12.3. The molecule has 7 rings (SSSR count). The number of aliphatic hydroxyl groups excluding tert-OH is 3. The molecular weight excluding hydrogens is 710 g/mol. The van der Waals surface area contributed by atoms with E-state index < -0.39 is 73.0 Å². The largest absolute Gasteiger partial charge is 0.493 e. The van der Waals surface area contributed by atoms with Crippen LogP contribution in [0.15, 0.2) is 48.5 Å². The third-order valence-electron chi connectivity index (χ3n) is 10.6. The fourth-order valence-corrected chi connectivity index (χ4v) is 8.16. The number of carbonyl (C=O) groups excluding carboxylic acids is 1. The van der Waals surface area contributed by atoms with Gasteiger partial charge in [-0.2, -0.15) is 0 Å². The zero-order valence-electron chi connectivity index (χ0n) is 29.4. The molecule has 1 saturated carbocycles. The Kier molecular flexibility index (Phi) is 10.2. The zero-order valence-corrected chi connectivity index (χ0v) is 29.4.